The van der Waals surface area contributed by atoms with E-state index in [-0.39, 0.29) is 5.56 Å². The minimum Gasteiger partial charge on any atom is -0.347 e. The van der Waals surface area contributed by atoms with Crippen LogP contribution in [-0.4, -0.2) is 22.9 Å². The Morgan fingerprint density at radius 2 is 1.64 bits per heavy atom. The molecule has 2 amide bonds. The molecule has 0 bridgehead atoms. The fourth-order valence-electron chi connectivity index (χ4n) is 2.38. The Bertz CT molecular complexity index is 794. The average Bonchev–Trinajstić information content (AvgIpc) is 2.63. The molecule has 25 heavy (non-hydrogen) atoms. The Hall–Kier alpha value is -2.89. The van der Waals surface area contributed by atoms with Crippen LogP contribution in [0.25, 0.3) is 0 Å². The number of pyridine rings is 1. The number of nitrogens with one attached hydrogen (secondary N) is 2. The van der Waals surface area contributed by atoms with Gasteiger partial charge in [0.25, 0.3) is 5.56 Å². The molecule has 2 aromatic rings. The molecule has 0 spiro atoms. The zero-order valence-corrected chi connectivity index (χ0v) is 14.5. The summed E-state index contributed by atoms with van der Waals surface area (Å²) >= 11 is 0. The molecule has 0 aliphatic carbocycles. The second kappa shape index (κ2) is 8.82. The quantitative estimate of drug-likeness (QED) is 0.785. The molecule has 2 N–H and O–H groups in total. The number of amides is 2. The minimum absolute atomic E-state index is 0.154. The number of carbonyl (C=O) groups excluding carboxylic acids is 2. The van der Waals surface area contributed by atoms with Crippen molar-refractivity contribution in [2.45, 2.75) is 33.2 Å². The van der Waals surface area contributed by atoms with Crippen LogP contribution in [0.4, 0.5) is 5.69 Å². The zero-order valence-electron chi connectivity index (χ0n) is 14.5. The largest absolute Gasteiger partial charge is 0.347 e. The lowest BCUT2D eigenvalue weighted by Crippen LogP contribution is -2.36. The summed E-state index contributed by atoms with van der Waals surface area (Å²) in [5.74, 6) is -1.44. The highest BCUT2D eigenvalue weighted by Gasteiger charge is 2.13. The van der Waals surface area contributed by atoms with Crippen molar-refractivity contribution in [2.75, 3.05) is 11.9 Å². The van der Waals surface area contributed by atoms with Gasteiger partial charge in [-0.1, -0.05) is 31.2 Å². The molecule has 1 aromatic heterocycles. The molecule has 2 rings (SSSR count). The first kappa shape index (κ1) is 18.4. The number of nitrogens with zero attached hydrogens (tertiary/aromatic N) is 1. The van der Waals surface area contributed by atoms with Crippen LogP contribution < -0.4 is 16.2 Å². The Morgan fingerprint density at radius 3 is 2.28 bits per heavy atom. The minimum atomic E-state index is -0.748. The third-order valence-corrected chi connectivity index (χ3v) is 3.92. The standard InChI is InChI=1S/C19H23N3O3/c1-3-14-5-7-15(8-6-14)11-12-20-18(24)19(25)21-16-9-10-17(23)22(4-2)13-16/h5-10,13H,3-4,11-12H2,1-2H3,(H,20,24)(H,21,25). The van der Waals surface area contributed by atoms with Crippen LogP contribution in [-0.2, 0) is 29.0 Å². The SMILES string of the molecule is CCc1ccc(CCNC(=O)C(=O)Nc2ccc(=O)n(CC)c2)cc1. The second-order valence-corrected chi connectivity index (χ2v) is 5.67. The molecule has 0 atom stereocenters. The van der Waals surface area contributed by atoms with Crippen molar-refractivity contribution in [3.8, 4) is 0 Å². The lowest BCUT2D eigenvalue weighted by atomic mass is 10.1. The molecule has 1 aromatic carbocycles. The van der Waals surface area contributed by atoms with Gasteiger partial charge in [0.2, 0.25) is 0 Å². The molecule has 0 aliphatic rings. The van der Waals surface area contributed by atoms with Gasteiger partial charge < -0.3 is 15.2 Å². The fraction of sp³-hybridized carbons (Fsp3) is 0.316. The molecule has 0 saturated heterocycles. The van der Waals surface area contributed by atoms with Crippen LogP contribution in [0.15, 0.2) is 47.4 Å². The highest BCUT2D eigenvalue weighted by atomic mass is 16.2. The van der Waals surface area contributed by atoms with Crippen molar-refractivity contribution in [1.29, 1.82) is 0 Å². The van der Waals surface area contributed by atoms with Gasteiger partial charge in [0.15, 0.2) is 0 Å². The van der Waals surface area contributed by atoms with Crippen LogP contribution in [0, 0.1) is 0 Å². The van der Waals surface area contributed by atoms with Crippen LogP contribution in [0.2, 0.25) is 0 Å². The Balaban J connectivity index is 1.83. The molecular weight excluding hydrogens is 318 g/mol. The number of aryl methyl sites for hydroxylation is 2. The smallest absolute Gasteiger partial charge is 0.313 e. The van der Waals surface area contributed by atoms with Crippen molar-refractivity contribution in [3.05, 3.63) is 64.1 Å². The van der Waals surface area contributed by atoms with Crippen LogP contribution in [0.5, 0.6) is 0 Å². The average molecular weight is 341 g/mol. The van der Waals surface area contributed by atoms with E-state index in [1.165, 1.54) is 28.5 Å². The highest BCUT2D eigenvalue weighted by Crippen LogP contribution is 2.05. The van der Waals surface area contributed by atoms with Gasteiger partial charge in [-0.05, 0) is 37.0 Å². The normalized spacial score (nSPS) is 10.3. The number of hydrogen-bond donors (Lipinski definition) is 2. The van der Waals surface area contributed by atoms with Gasteiger partial charge in [0, 0.05) is 25.4 Å². The van der Waals surface area contributed by atoms with E-state index in [4.69, 9.17) is 0 Å². The molecule has 132 valence electrons. The molecule has 0 fully saturated rings. The molecule has 6 nitrogen and oxygen atoms in total. The van der Waals surface area contributed by atoms with Crippen LogP contribution >= 0.6 is 0 Å². The summed E-state index contributed by atoms with van der Waals surface area (Å²) in [6.07, 6.45) is 3.16. The monoisotopic (exact) mass is 341 g/mol. The van der Waals surface area contributed by atoms with E-state index < -0.39 is 11.8 Å². The third-order valence-electron chi connectivity index (χ3n) is 3.92. The predicted molar refractivity (Wildman–Crippen MR) is 97.5 cm³/mol. The summed E-state index contributed by atoms with van der Waals surface area (Å²) in [7, 11) is 0. The summed E-state index contributed by atoms with van der Waals surface area (Å²) < 4.78 is 1.45. The Labute approximate surface area is 146 Å². The number of aromatic nitrogens is 1. The number of rotatable bonds is 6. The maximum absolute atomic E-state index is 11.9. The van der Waals surface area contributed by atoms with E-state index in [1.54, 1.807) is 0 Å². The summed E-state index contributed by atoms with van der Waals surface area (Å²) in [5.41, 5.74) is 2.63. The zero-order chi connectivity index (χ0) is 18.2. The van der Waals surface area contributed by atoms with Crippen molar-refractivity contribution in [3.63, 3.8) is 0 Å². The highest BCUT2D eigenvalue weighted by molar-refractivity contribution is 6.39. The first-order valence-electron chi connectivity index (χ1n) is 8.41. The summed E-state index contributed by atoms with van der Waals surface area (Å²) in [4.78, 5) is 35.3. The van der Waals surface area contributed by atoms with Crippen molar-refractivity contribution in [2.24, 2.45) is 0 Å². The summed E-state index contributed by atoms with van der Waals surface area (Å²) in [6.45, 7) is 4.80. The van der Waals surface area contributed by atoms with Gasteiger partial charge >= 0.3 is 11.8 Å². The molecule has 0 radical (unpaired) electrons. The van der Waals surface area contributed by atoms with E-state index in [0.29, 0.717) is 25.2 Å². The van der Waals surface area contributed by atoms with Crippen molar-refractivity contribution >= 4 is 17.5 Å². The van der Waals surface area contributed by atoms with E-state index in [9.17, 15) is 14.4 Å². The van der Waals surface area contributed by atoms with Crippen molar-refractivity contribution in [1.82, 2.24) is 9.88 Å². The topological polar surface area (TPSA) is 80.2 Å². The molecule has 0 unspecified atom stereocenters. The van der Waals surface area contributed by atoms with E-state index in [2.05, 4.69) is 29.7 Å². The first-order valence-corrected chi connectivity index (χ1v) is 8.41. The van der Waals surface area contributed by atoms with Crippen LogP contribution in [0.1, 0.15) is 25.0 Å². The maximum atomic E-state index is 11.9. The van der Waals surface area contributed by atoms with Gasteiger partial charge in [-0.15, -0.1) is 0 Å². The van der Waals surface area contributed by atoms with Crippen molar-refractivity contribution < 1.29 is 9.59 Å². The third kappa shape index (κ3) is 5.31. The predicted octanol–water partition coefficient (Wildman–Crippen LogP) is 1.73. The van der Waals surface area contributed by atoms with E-state index in [1.807, 2.05) is 19.1 Å². The van der Waals surface area contributed by atoms with E-state index in [0.717, 1.165) is 12.0 Å². The lowest BCUT2D eigenvalue weighted by Gasteiger charge is -2.08. The maximum Gasteiger partial charge on any atom is 0.313 e. The number of carbonyl (C=O) groups is 2. The molecule has 1 heterocycles. The van der Waals surface area contributed by atoms with Crippen LogP contribution in [0.3, 0.4) is 0 Å². The van der Waals surface area contributed by atoms with Gasteiger partial charge in [0.1, 0.15) is 0 Å². The summed E-state index contributed by atoms with van der Waals surface area (Å²) in [5, 5.41) is 5.10. The molecular formula is C19H23N3O3. The van der Waals surface area contributed by atoms with Gasteiger partial charge in [-0.3, -0.25) is 14.4 Å². The Kier molecular flexibility index (Phi) is 6.51. The lowest BCUT2D eigenvalue weighted by molar-refractivity contribution is -0.136. The summed E-state index contributed by atoms with van der Waals surface area (Å²) in [6, 6.07) is 11.0. The number of anilines is 1. The van der Waals surface area contributed by atoms with Gasteiger partial charge in [0.05, 0.1) is 5.69 Å². The second-order valence-electron chi connectivity index (χ2n) is 5.67. The van der Waals surface area contributed by atoms with Gasteiger partial charge in [-0.25, -0.2) is 0 Å². The molecule has 0 saturated carbocycles. The van der Waals surface area contributed by atoms with E-state index >= 15 is 0 Å². The number of hydrogen-bond acceptors (Lipinski definition) is 3. The molecule has 6 heteroatoms. The van der Waals surface area contributed by atoms with Gasteiger partial charge in [-0.2, -0.15) is 0 Å². The fourth-order valence-corrected chi connectivity index (χ4v) is 2.38. The first-order chi connectivity index (χ1) is 12.0. The Morgan fingerprint density at radius 1 is 0.960 bits per heavy atom. The molecule has 0 aliphatic heterocycles. The number of benzene rings is 1.